The molecule has 1 aromatic rings. The van der Waals surface area contributed by atoms with Crippen LogP contribution < -0.4 is 5.32 Å². The molecule has 1 aromatic carbocycles. The van der Waals surface area contributed by atoms with Crippen LogP contribution in [0.15, 0.2) is 30.3 Å². The van der Waals surface area contributed by atoms with Crippen molar-refractivity contribution in [2.24, 2.45) is 0 Å². The first-order valence-corrected chi connectivity index (χ1v) is 9.91. The standard InChI is InChI=1S/C21H30N2O3/c1-2-3-5-10-18(26-15-16-8-6-4-7-9-16)11-12-23-20-14-17(24)13-19(20)22-21(23)25/h4,6-9,18-20H,2-3,5,10-15H2,1H3,(H,22,25)/t18?,19-,20+/m1/s1. The Labute approximate surface area is 156 Å². The molecule has 1 N–H and O–H groups in total. The Morgan fingerprint density at radius 3 is 2.73 bits per heavy atom. The summed E-state index contributed by atoms with van der Waals surface area (Å²) in [6.45, 7) is 3.46. The maximum Gasteiger partial charge on any atom is 0.318 e. The molecule has 5 nitrogen and oxygen atoms in total. The highest BCUT2D eigenvalue weighted by Crippen LogP contribution is 2.27. The number of ether oxygens (including phenoxy) is 1. The van der Waals surface area contributed by atoms with Gasteiger partial charge in [-0.1, -0.05) is 56.5 Å². The second kappa shape index (κ2) is 9.17. The van der Waals surface area contributed by atoms with Crippen LogP contribution in [0.2, 0.25) is 0 Å². The van der Waals surface area contributed by atoms with Gasteiger partial charge >= 0.3 is 6.03 Å². The van der Waals surface area contributed by atoms with Gasteiger partial charge in [-0.3, -0.25) is 4.79 Å². The molecule has 2 amide bonds. The van der Waals surface area contributed by atoms with Crippen LogP contribution in [0, 0.1) is 0 Å². The van der Waals surface area contributed by atoms with E-state index in [0.717, 1.165) is 19.3 Å². The largest absolute Gasteiger partial charge is 0.373 e. The maximum absolute atomic E-state index is 12.2. The zero-order chi connectivity index (χ0) is 18.4. The van der Waals surface area contributed by atoms with E-state index in [0.29, 0.717) is 26.0 Å². The normalized spacial score (nSPS) is 23.2. The van der Waals surface area contributed by atoms with E-state index in [2.05, 4.69) is 24.4 Å². The molecule has 1 heterocycles. The molecule has 1 saturated carbocycles. The van der Waals surface area contributed by atoms with Crippen LogP contribution in [-0.2, 0) is 16.1 Å². The fourth-order valence-electron chi connectivity index (χ4n) is 3.98. The van der Waals surface area contributed by atoms with E-state index in [4.69, 9.17) is 4.74 Å². The van der Waals surface area contributed by atoms with Gasteiger partial charge in [0.05, 0.1) is 24.8 Å². The number of fused-ring (bicyclic) bond motifs is 1. The minimum atomic E-state index is -0.0251. The quantitative estimate of drug-likeness (QED) is 0.649. The molecule has 0 aromatic heterocycles. The first-order chi connectivity index (χ1) is 12.7. The number of nitrogens with one attached hydrogen (secondary N) is 1. The van der Waals surface area contributed by atoms with Crippen LogP contribution in [0.1, 0.15) is 57.4 Å². The Morgan fingerprint density at radius 1 is 1.15 bits per heavy atom. The number of hydrogen-bond acceptors (Lipinski definition) is 3. The summed E-state index contributed by atoms with van der Waals surface area (Å²) in [5.41, 5.74) is 1.17. The summed E-state index contributed by atoms with van der Waals surface area (Å²) in [5.74, 6) is 0.254. The van der Waals surface area contributed by atoms with Crippen LogP contribution in [0.3, 0.4) is 0 Å². The summed E-state index contributed by atoms with van der Waals surface area (Å²) in [7, 11) is 0. The predicted octanol–water partition coefficient (Wildman–Crippen LogP) is 3.67. The van der Waals surface area contributed by atoms with E-state index in [1.807, 2.05) is 23.1 Å². The maximum atomic E-state index is 12.2. The van der Waals surface area contributed by atoms with E-state index in [1.54, 1.807) is 0 Å². The highest BCUT2D eigenvalue weighted by atomic mass is 16.5. The van der Waals surface area contributed by atoms with Crippen molar-refractivity contribution >= 4 is 11.8 Å². The Bertz CT molecular complexity index is 605. The summed E-state index contributed by atoms with van der Waals surface area (Å²) < 4.78 is 6.18. The van der Waals surface area contributed by atoms with E-state index in [9.17, 15) is 9.59 Å². The monoisotopic (exact) mass is 358 g/mol. The second-order valence-corrected chi connectivity index (χ2v) is 7.47. The zero-order valence-electron chi connectivity index (χ0n) is 15.7. The van der Waals surface area contributed by atoms with Gasteiger partial charge in [-0.15, -0.1) is 0 Å². The summed E-state index contributed by atoms with van der Waals surface area (Å²) in [6.07, 6.45) is 6.50. The topological polar surface area (TPSA) is 58.6 Å². The minimum Gasteiger partial charge on any atom is -0.373 e. The molecule has 1 aliphatic heterocycles. The molecule has 2 fully saturated rings. The number of ketones is 1. The third-order valence-corrected chi connectivity index (χ3v) is 5.47. The summed E-state index contributed by atoms with van der Waals surface area (Å²) in [5, 5.41) is 2.96. The van der Waals surface area contributed by atoms with E-state index < -0.39 is 0 Å². The lowest BCUT2D eigenvalue weighted by atomic mass is 10.1. The van der Waals surface area contributed by atoms with Gasteiger partial charge in [-0.2, -0.15) is 0 Å². The number of urea groups is 1. The average Bonchev–Trinajstić information content (AvgIpc) is 3.13. The molecule has 3 atom stereocenters. The lowest BCUT2D eigenvalue weighted by Crippen LogP contribution is -2.37. The van der Waals surface area contributed by atoms with Crippen molar-refractivity contribution in [2.45, 2.75) is 76.7 Å². The Morgan fingerprint density at radius 2 is 1.96 bits per heavy atom. The summed E-state index contributed by atoms with van der Waals surface area (Å²) in [6, 6.07) is 10.2. The van der Waals surface area contributed by atoms with Crippen LogP contribution in [0.4, 0.5) is 4.79 Å². The Balaban J connectivity index is 1.52. The van der Waals surface area contributed by atoms with Gasteiger partial charge in [-0.05, 0) is 18.4 Å². The summed E-state index contributed by atoms with van der Waals surface area (Å²) in [4.78, 5) is 25.7. The van der Waals surface area contributed by atoms with Crippen LogP contribution in [0.5, 0.6) is 0 Å². The molecule has 1 unspecified atom stereocenters. The first kappa shape index (κ1) is 18.9. The fraction of sp³-hybridized carbons (Fsp3) is 0.619. The Kier molecular flexibility index (Phi) is 6.67. The van der Waals surface area contributed by atoms with Gasteiger partial charge in [0, 0.05) is 19.4 Å². The number of amides is 2. The molecule has 1 saturated heterocycles. The second-order valence-electron chi connectivity index (χ2n) is 7.47. The van der Waals surface area contributed by atoms with Gasteiger partial charge in [-0.25, -0.2) is 4.79 Å². The minimum absolute atomic E-state index is 0.0128. The van der Waals surface area contributed by atoms with E-state index in [1.165, 1.54) is 18.4 Å². The van der Waals surface area contributed by atoms with Crippen molar-refractivity contribution in [1.82, 2.24) is 10.2 Å². The van der Waals surface area contributed by atoms with Gasteiger partial charge in [0.15, 0.2) is 0 Å². The number of rotatable bonds is 10. The summed E-state index contributed by atoms with van der Waals surface area (Å²) >= 11 is 0. The fourth-order valence-corrected chi connectivity index (χ4v) is 3.98. The molecule has 0 bridgehead atoms. The van der Waals surface area contributed by atoms with Gasteiger partial charge in [0.25, 0.3) is 0 Å². The molecule has 1 aliphatic carbocycles. The highest BCUT2D eigenvalue weighted by molar-refractivity contribution is 5.88. The van der Waals surface area contributed by atoms with Crippen molar-refractivity contribution in [3.63, 3.8) is 0 Å². The average molecular weight is 358 g/mol. The van der Waals surface area contributed by atoms with Gasteiger partial charge in [0.2, 0.25) is 0 Å². The smallest absolute Gasteiger partial charge is 0.318 e. The molecule has 3 rings (SSSR count). The lowest BCUT2D eigenvalue weighted by Gasteiger charge is -2.25. The molecule has 0 spiro atoms. The third-order valence-electron chi connectivity index (χ3n) is 5.47. The molecular weight excluding hydrogens is 328 g/mol. The highest BCUT2D eigenvalue weighted by Gasteiger charge is 2.45. The zero-order valence-corrected chi connectivity index (χ0v) is 15.7. The van der Waals surface area contributed by atoms with Crippen LogP contribution in [0.25, 0.3) is 0 Å². The van der Waals surface area contributed by atoms with Gasteiger partial charge < -0.3 is 15.0 Å². The molecule has 26 heavy (non-hydrogen) atoms. The van der Waals surface area contributed by atoms with Crippen LogP contribution >= 0.6 is 0 Å². The number of carbonyl (C=O) groups is 2. The van der Waals surface area contributed by atoms with Crippen LogP contribution in [-0.4, -0.2) is 41.4 Å². The molecular formula is C21H30N2O3. The van der Waals surface area contributed by atoms with E-state index >= 15 is 0 Å². The lowest BCUT2D eigenvalue weighted by molar-refractivity contribution is -0.117. The van der Waals surface area contributed by atoms with E-state index in [-0.39, 0.29) is 30.0 Å². The molecule has 2 aliphatic rings. The number of unbranched alkanes of at least 4 members (excludes halogenated alkanes) is 2. The first-order valence-electron chi connectivity index (χ1n) is 9.91. The number of nitrogens with zero attached hydrogens (tertiary/aromatic N) is 1. The van der Waals surface area contributed by atoms with Crippen molar-refractivity contribution < 1.29 is 14.3 Å². The van der Waals surface area contributed by atoms with Crippen molar-refractivity contribution in [2.75, 3.05) is 6.54 Å². The third kappa shape index (κ3) is 4.85. The molecule has 142 valence electrons. The van der Waals surface area contributed by atoms with Crippen molar-refractivity contribution in [3.05, 3.63) is 35.9 Å². The molecule has 5 heteroatoms. The van der Waals surface area contributed by atoms with Crippen molar-refractivity contribution in [3.8, 4) is 0 Å². The number of Topliss-reactive ketones (excluding diaryl/α,β-unsaturated/α-hetero) is 1. The van der Waals surface area contributed by atoms with Crippen molar-refractivity contribution in [1.29, 1.82) is 0 Å². The van der Waals surface area contributed by atoms with Gasteiger partial charge in [0.1, 0.15) is 5.78 Å². The number of carbonyl (C=O) groups excluding carboxylic acids is 2. The molecule has 0 radical (unpaired) electrons. The Hall–Kier alpha value is -1.88. The predicted molar refractivity (Wildman–Crippen MR) is 101 cm³/mol. The number of hydrogen-bond donors (Lipinski definition) is 1. The SMILES string of the molecule is CCCCCC(CCN1C(=O)N[C@@H]2CC(=O)C[C@@H]21)OCc1ccccc1. The number of benzene rings is 1.